The number of carboxylic acids is 1. The molecule has 0 radical (unpaired) electrons. The van der Waals surface area contributed by atoms with Crippen LogP contribution in [0.5, 0.6) is 0 Å². The summed E-state index contributed by atoms with van der Waals surface area (Å²) in [5.41, 5.74) is 0.689. The maximum atomic E-state index is 12.1. The van der Waals surface area contributed by atoms with Crippen LogP contribution >= 0.6 is 0 Å². The summed E-state index contributed by atoms with van der Waals surface area (Å²) in [4.78, 5) is 11.2. The Kier molecular flexibility index (Phi) is 4.45. The summed E-state index contributed by atoms with van der Waals surface area (Å²) in [5.74, 6) is -0.684. The van der Waals surface area contributed by atoms with Gasteiger partial charge in [-0.05, 0) is 42.9 Å². The molecule has 2 N–H and O–H groups in total. The molecule has 1 aromatic carbocycles. The lowest BCUT2D eigenvalue weighted by Crippen LogP contribution is -2.32. The van der Waals surface area contributed by atoms with Crippen molar-refractivity contribution in [1.29, 1.82) is 0 Å². The third kappa shape index (κ3) is 3.19. The van der Waals surface area contributed by atoms with E-state index in [0.29, 0.717) is 24.4 Å². The highest BCUT2D eigenvalue weighted by Gasteiger charge is 2.22. The van der Waals surface area contributed by atoms with Gasteiger partial charge in [-0.3, -0.25) is 0 Å². The molecular formula is C14H19NO4S. The van der Waals surface area contributed by atoms with Gasteiger partial charge in [-0.2, -0.15) is 0 Å². The predicted octanol–water partition coefficient (Wildman–Crippen LogP) is 2.03. The molecule has 6 heteroatoms. The Bertz CT molecular complexity index is 606. The minimum atomic E-state index is -3.63. The van der Waals surface area contributed by atoms with E-state index in [1.54, 1.807) is 6.07 Å². The van der Waals surface area contributed by atoms with Gasteiger partial charge in [0.1, 0.15) is 0 Å². The fourth-order valence-corrected chi connectivity index (χ4v) is 3.38. The minimum Gasteiger partial charge on any atom is -0.478 e. The zero-order valence-corrected chi connectivity index (χ0v) is 12.2. The third-order valence-electron chi connectivity index (χ3n) is 3.79. The van der Waals surface area contributed by atoms with Crippen LogP contribution in [0.4, 0.5) is 0 Å². The van der Waals surface area contributed by atoms with E-state index in [0.717, 1.165) is 19.3 Å². The third-order valence-corrected chi connectivity index (χ3v) is 5.21. The Morgan fingerprint density at radius 2 is 2.10 bits per heavy atom. The van der Waals surface area contributed by atoms with Crippen molar-refractivity contribution in [3.63, 3.8) is 0 Å². The largest absolute Gasteiger partial charge is 0.478 e. The summed E-state index contributed by atoms with van der Waals surface area (Å²) < 4.78 is 26.9. The van der Waals surface area contributed by atoms with Gasteiger partial charge >= 0.3 is 5.97 Å². The molecule has 1 aromatic rings. The number of hydrogen-bond donors (Lipinski definition) is 2. The minimum absolute atomic E-state index is 0.0198. The summed E-state index contributed by atoms with van der Waals surface area (Å²) in [7, 11) is -3.63. The Morgan fingerprint density at radius 3 is 2.60 bits per heavy atom. The van der Waals surface area contributed by atoms with Crippen LogP contribution in [0.1, 0.15) is 42.1 Å². The summed E-state index contributed by atoms with van der Waals surface area (Å²) in [6, 6.07) is 4.28. The van der Waals surface area contributed by atoms with E-state index < -0.39 is 16.0 Å². The van der Waals surface area contributed by atoms with E-state index in [2.05, 4.69) is 4.72 Å². The van der Waals surface area contributed by atoms with Gasteiger partial charge in [-0.25, -0.2) is 17.9 Å². The standard InChI is InChI=1S/C14H19NO4S/c1-2-11-6-7-12(8-13(11)14(16)17)20(18,19)15-9-10-4-3-5-10/h6-8,10,15H,2-5,9H2,1H3,(H,16,17). The summed E-state index contributed by atoms with van der Waals surface area (Å²) in [6.07, 6.45) is 3.81. The van der Waals surface area contributed by atoms with Gasteiger partial charge in [-0.1, -0.05) is 19.4 Å². The first kappa shape index (κ1) is 15.0. The Balaban J connectivity index is 2.22. The molecule has 0 heterocycles. The van der Waals surface area contributed by atoms with Crippen molar-refractivity contribution in [2.24, 2.45) is 5.92 Å². The lowest BCUT2D eigenvalue weighted by atomic mass is 9.86. The molecule has 1 aliphatic rings. The first-order chi connectivity index (χ1) is 9.44. The highest BCUT2D eigenvalue weighted by Crippen LogP contribution is 2.26. The van der Waals surface area contributed by atoms with Gasteiger partial charge in [0.25, 0.3) is 0 Å². The smallest absolute Gasteiger partial charge is 0.336 e. The van der Waals surface area contributed by atoms with Crippen molar-refractivity contribution in [3.05, 3.63) is 29.3 Å². The van der Waals surface area contributed by atoms with Crippen LogP contribution in [-0.4, -0.2) is 26.0 Å². The van der Waals surface area contributed by atoms with Gasteiger partial charge in [0, 0.05) is 6.54 Å². The Morgan fingerprint density at radius 1 is 1.40 bits per heavy atom. The number of sulfonamides is 1. The van der Waals surface area contributed by atoms with Gasteiger partial charge in [0.05, 0.1) is 10.5 Å². The number of carboxylic acid groups (broad SMARTS) is 1. The second-order valence-electron chi connectivity index (χ2n) is 5.13. The number of rotatable bonds is 6. The van der Waals surface area contributed by atoms with Crippen LogP contribution in [0.25, 0.3) is 0 Å². The average molecular weight is 297 g/mol. The van der Waals surface area contributed by atoms with Crippen molar-refractivity contribution in [2.75, 3.05) is 6.54 Å². The molecule has 0 bridgehead atoms. The molecule has 0 atom stereocenters. The fourth-order valence-electron chi connectivity index (χ4n) is 2.24. The monoisotopic (exact) mass is 297 g/mol. The first-order valence-electron chi connectivity index (χ1n) is 6.80. The van der Waals surface area contributed by atoms with Crippen LogP contribution < -0.4 is 4.72 Å². The van der Waals surface area contributed by atoms with E-state index in [-0.39, 0.29) is 10.5 Å². The molecule has 20 heavy (non-hydrogen) atoms. The van der Waals surface area contributed by atoms with Crippen LogP contribution in [0.15, 0.2) is 23.1 Å². The molecule has 0 unspecified atom stereocenters. The summed E-state index contributed by atoms with van der Waals surface area (Å²) in [6.45, 7) is 2.27. The normalized spacial score (nSPS) is 15.8. The highest BCUT2D eigenvalue weighted by molar-refractivity contribution is 7.89. The zero-order valence-electron chi connectivity index (χ0n) is 11.4. The zero-order chi connectivity index (χ0) is 14.8. The number of aromatic carboxylic acids is 1. The topological polar surface area (TPSA) is 83.5 Å². The number of aryl methyl sites for hydroxylation is 1. The molecule has 1 fully saturated rings. The SMILES string of the molecule is CCc1ccc(S(=O)(=O)NCC2CCC2)cc1C(=O)O. The Labute approximate surface area is 119 Å². The molecule has 5 nitrogen and oxygen atoms in total. The first-order valence-corrected chi connectivity index (χ1v) is 8.28. The quantitative estimate of drug-likeness (QED) is 0.841. The van der Waals surface area contributed by atoms with E-state index >= 15 is 0 Å². The summed E-state index contributed by atoms with van der Waals surface area (Å²) >= 11 is 0. The second kappa shape index (κ2) is 5.93. The lowest BCUT2D eigenvalue weighted by molar-refractivity contribution is 0.0695. The van der Waals surface area contributed by atoms with Crippen LogP contribution in [0, 0.1) is 5.92 Å². The molecule has 0 aliphatic heterocycles. The van der Waals surface area contributed by atoms with E-state index in [1.807, 2.05) is 6.92 Å². The number of nitrogens with one attached hydrogen (secondary N) is 1. The van der Waals surface area contributed by atoms with Crippen molar-refractivity contribution in [3.8, 4) is 0 Å². The van der Waals surface area contributed by atoms with Gasteiger partial charge in [-0.15, -0.1) is 0 Å². The molecule has 0 spiro atoms. The molecule has 0 amide bonds. The van der Waals surface area contributed by atoms with Crippen molar-refractivity contribution < 1.29 is 18.3 Å². The predicted molar refractivity (Wildman–Crippen MR) is 75.3 cm³/mol. The van der Waals surface area contributed by atoms with E-state index in [1.165, 1.54) is 12.1 Å². The van der Waals surface area contributed by atoms with Crippen LogP contribution in [0.2, 0.25) is 0 Å². The summed E-state index contributed by atoms with van der Waals surface area (Å²) in [5, 5.41) is 9.14. The van der Waals surface area contributed by atoms with E-state index in [4.69, 9.17) is 5.11 Å². The molecule has 0 aromatic heterocycles. The lowest BCUT2D eigenvalue weighted by Gasteiger charge is -2.25. The highest BCUT2D eigenvalue weighted by atomic mass is 32.2. The number of carbonyl (C=O) groups is 1. The molecule has 110 valence electrons. The Hall–Kier alpha value is -1.40. The van der Waals surface area contributed by atoms with Crippen LogP contribution in [0.3, 0.4) is 0 Å². The maximum Gasteiger partial charge on any atom is 0.336 e. The molecular weight excluding hydrogens is 278 g/mol. The van der Waals surface area contributed by atoms with Gasteiger partial charge < -0.3 is 5.11 Å². The number of hydrogen-bond acceptors (Lipinski definition) is 3. The molecule has 1 saturated carbocycles. The second-order valence-corrected chi connectivity index (χ2v) is 6.89. The average Bonchev–Trinajstić information content (AvgIpc) is 2.35. The fraction of sp³-hybridized carbons (Fsp3) is 0.500. The van der Waals surface area contributed by atoms with Gasteiger partial charge in [0.2, 0.25) is 10.0 Å². The molecule has 1 aliphatic carbocycles. The van der Waals surface area contributed by atoms with Gasteiger partial charge in [0.15, 0.2) is 0 Å². The number of benzene rings is 1. The van der Waals surface area contributed by atoms with Crippen molar-refractivity contribution in [1.82, 2.24) is 4.72 Å². The van der Waals surface area contributed by atoms with Crippen LogP contribution in [-0.2, 0) is 16.4 Å². The molecule has 2 rings (SSSR count). The van der Waals surface area contributed by atoms with E-state index in [9.17, 15) is 13.2 Å². The maximum absolute atomic E-state index is 12.1. The van der Waals surface area contributed by atoms with Crippen molar-refractivity contribution >= 4 is 16.0 Å². The molecule has 0 saturated heterocycles. The van der Waals surface area contributed by atoms with Crippen molar-refractivity contribution in [2.45, 2.75) is 37.5 Å².